The number of nitrogens with zero attached hydrogens (tertiary/aromatic N) is 2. The van der Waals surface area contributed by atoms with Gasteiger partial charge >= 0.3 is 0 Å². The van der Waals surface area contributed by atoms with Crippen molar-refractivity contribution in [3.63, 3.8) is 0 Å². The predicted octanol–water partition coefficient (Wildman–Crippen LogP) is 0.161. The third-order valence-corrected chi connectivity index (χ3v) is 3.78. The summed E-state index contributed by atoms with van der Waals surface area (Å²) in [5.41, 5.74) is 1.07. The van der Waals surface area contributed by atoms with Crippen molar-refractivity contribution in [1.29, 1.82) is 0 Å². The van der Waals surface area contributed by atoms with E-state index in [1.54, 1.807) is 10.9 Å². The molecule has 0 N–H and O–H groups in total. The van der Waals surface area contributed by atoms with E-state index in [0.29, 0.717) is 0 Å². The molecule has 1 aliphatic rings. The van der Waals surface area contributed by atoms with Crippen molar-refractivity contribution >= 4 is 9.84 Å². The van der Waals surface area contributed by atoms with Crippen LogP contribution in [0.25, 0.3) is 0 Å². The highest BCUT2D eigenvalue weighted by atomic mass is 32.2. The van der Waals surface area contributed by atoms with Gasteiger partial charge in [0, 0.05) is 6.20 Å². The molecule has 4 nitrogen and oxygen atoms in total. The molecule has 12 heavy (non-hydrogen) atoms. The van der Waals surface area contributed by atoms with E-state index in [4.69, 9.17) is 0 Å². The standard InChI is InChI=1S/C7H10N2O2S/c1-6-2-8-9(3-6)7-4-12(10,11)5-7/h2-3,7H,4-5H2,1H3. The summed E-state index contributed by atoms with van der Waals surface area (Å²) < 4.78 is 23.4. The fourth-order valence-corrected chi connectivity index (χ4v) is 2.70. The minimum Gasteiger partial charge on any atom is -0.267 e. The summed E-state index contributed by atoms with van der Waals surface area (Å²) in [5, 5.41) is 4.06. The van der Waals surface area contributed by atoms with Gasteiger partial charge in [-0.25, -0.2) is 8.42 Å². The fourth-order valence-electron chi connectivity index (χ4n) is 1.32. The zero-order valence-electron chi connectivity index (χ0n) is 6.77. The topological polar surface area (TPSA) is 52.0 Å². The van der Waals surface area contributed by atoms with Crippen molar-refractivity contribution in [2.24, 2.45) is 0 Å². The van der Waals surface area contributed by atoms with Crippen molar-refractivity contribution in [3.05, 3.63) is 18.0 Å². The zero-order valence-corrected chi connectivity index (χ0v) is 7.58. The first-order valence-corrected chi connectivity index (χ1v) is 5.60. The molecule has 1 fully saturated rings. The molecule has 0 spiro atoms. The molecule has 0 bridgehead atoms. The predicted molar refractivity (Wildman–Crippen MR) is 44.7 cm³/mol. The van der Waals surface area contributed by atoms with Crippen molar-refractivity contribution in [3.8, 4) is 0 Å². The molecule has 1 aromatic rings. The van der Waals surface area contributed by atoms with Gasteiger partial charge in [-0.15, -0.1) is 0 Å². The van der Waals surface area contributed by atoms with Gasteiger partial charge in [0.2, 0.25) is 0 Å². The molecule has 2 heterocycles. The summed E-state index contributed by atoms with van der Waals surface area (Å²) in [7, 11) is -2.73. The van der Waals surface area contributed by atoms with Gasteiger partial charge in [-0.2, -0.15) is 5.10 Å². The third-order valence-electron chi connectivity index (χ3n) is 2.00. The monoisotopic (exact) mass is 186 g/mol. The summed E-state index contributed by atoms with van der Waals surface area (Å²) in [6.07, 6.45) is 3.62. The van der Waals surface area contributed by atoms with Gasteiger partial charge in [-0.1, -0.05) is 0 Å². The molecule has 0 saturated carbocycles. The van der Waals surface area contributed by atoms with Crippen molar-refractivity contribution < 1.29 is 8.42 Å². The fraction of sp³-hybridized carbons (Fsp3) is 0.571. The molecule has 5 heteroatoms. The minimum atomic E-state index is -2.73. The van der Waals surface area contributed by atoms with E-state index in [0.717, 1.165) is 5.56 Å². The van der Waals surface area contributed by atoms with Gasteiger partial charge in [-0.05, 0) is 12.5 Å². The van der Waals surface area contributed by atoms with Crippen LogP contribution < -0.4 is 0 Å². The second-order valence-electron chi connectivity index (χ2n) is 3.23. The van der Waals surface area contributed by atoms with Crippen LogP contribution in [0.3, 0.4) is 0 Å². The normalized spacial score (nSPS) is 22.1. The van der Waals surface area contributed by atoms with E-state index >= 15 is 0 Å². The lowest BCUT2D eigenvalue weighted by Crippen LogP contribution is -2.38. The van der Waals surface area contributed by atoms with Crippen molar-refractivity contribution in [1.82, 2.24) is 9.78 Å². The van der Waals surface area contributed by atoms with Gasteiger partial charge < -0.3 is 0 Å². The Hall–Kier alpha value is -0.840. The zero-order chi connectivity index (χ0) is 8.77. The summed E-state index contributed by atoms with van der Waals surface area (Å²) >= 11 is 0. The van der Waals surface area contributed by atoms with Gasteiger partial charge in [0.05, 0.1) is 23.7 Å². The first-order valence-electron chi connectivity index (χ1n) is 3.78. The lowest BCUT2D eigenvalue weighted by atomic mass is 10.4. The highest BCUT2D eigenvalue weighted by Crippen LogP contribution is 2.22. The number of rotatable bonds is 1. The minimum absolute atomic E-state index is 0.0729. The van der Waals surface area contributed by atoms with Crippen LogP contribution in [0.15, 0.2) is 12.4 Å². The van der Waals surface area contributed by atoms with Gasteiger partial charge in [0.15, 0.2) is 9.84 Å². The lowest BCUT2D eigenvalue weighted by Gasteiger charge is -2.25. The Bertz CT molecular complexity index is 381. The van der Waals surface area contributed by atoms with Crippen LogP contribution in [0.5, 0.6) is 0 Å². The van der Waals surface area contributed by atoms with Gasteiger partial charge in [0.1, 0.15) is 0 Å². The van der Waals surface area contributed by atoms with Crippen LogP contribution in [0, 0.1) is 6.92 Å². The first-order chi connectivity index (χ1) is 5.57. The number of aryl methyl sites for hydroxylation is 1. The largest absolute Gasteiger partial charge is 0.267 e. The Morgan fingerprint density at radius 1 is 1.58 bits per heavy atom. The van der Waals surface area contributed by atoms with Crippen LogP contribution >= 0.6 is 0 Å². The van der Waals surface area contributed by atoms with Crippen molar-refractivity contribution in [2.45, 2.75) is 13.0 Å². The maximum Gasteiger partial charge on any atom is 0.154 e. The second-order valence-corrected chi connectivity index (χ2v) is 5.38. The highest BCUT2D eigenvalue weighted by Gasteiger charge is 2.34. The second kappa shape index (κ2) is 2.32. The Morgan fingerprint density at radius 2 is 2.25 bits per heavy atom. The Labute approximate surface area is 71.1 Å². The Balaban J connectivity index is 2.15. The molecule has 0 atom stereocenters. The molecule has 1 aromatic heterocycles. The molecule has 0 unspecified atom stereocenters. The Kier molecular flexibility index (Phi) is 1.51. The maximum atomic E-state index is 10.8. The number of hydrogen-bond donors (Lipinski definition) is 0. The molecular weight excluding hydrogens is 176 g/mol. The average molecular weight is 186 g/mol. The first kappa shape index (κ1) is 7.79. The van der Waals surface area contributed by atoms with Crippen molar-refractivity contribution in [2.75, 3.05) is 11.5 Å². The third kappa shape index (κ3) is 1.24. The molecule has 2 rings (SSSR count). The smallest absolute Gasteiger partial charge is 0.154 e. The van der Waals surface area contributed by atoms with E-state index in [-0.39, 0.29) is 17.5 Å². The van der Waals surface area contributed by atoms with Crippen LogP contribution in [0.1, 0.15) is 11.6 Å². The lowest BCUT2D eigenvalue weighted by molar-refractivity contribution is 0.473. The number of aromatic nitrogens is 2. The number of hydrogen-bond acceptors (Lipinski definition) is 3. The van der Waals surface area contributed by atoms with Crippen LogP contribution in [0.2, 0.25) is 0 Å². The van der Waals surface area contributed by atoms with Gasteiger partial charge in [0.25, 0.3) is 0 Å². The van der Waals surface area contributed by atoms with E-state index in [1.165, 1.54) is 0 Å². The quantitative estimate of drug-likeness (QED) is 0.628. The highest BCUT2D eigenvalue weighted by molar-refractivity contribution is 7.92. The van der Waals surface area contributed by atoms with Crippen LogP contribution in [0.4, 0.5) is 0 Å². The number of sulfone groups is 1. The molecular formula is C7H10N2O2S. The molecule has 0 amide bonds. The van der Waals surface area contributed by atoms with E-state index in [9.17, 15) is 8.42 Å². The van der Waals surface area contributed by atoms with E-state index in [1.807, 2.05) is 13.1 Å². The van der Waals surface area contributed by atoms with Crippen LogP contribution in [-0.2, 0) is 9.84 Å². The molecule has 0 aliphatic carbocycles. The van der Waals surface area contributed by atoms with E-state index in [2.05, 4.69) is 5.10 Å². The van der Waals surface area contributed by atoms with Crippen LogP contribution in [-0.4, -0.2) is 29.7 Å². The maximum absolute atomic E-state index is 10.8. The summed E-state index contributed by atoms with van der Waals surface area (Å²) in [5.74, 6) is 0.488. The summed E-state index contributed by atoms with van der Waals surface area (Å²) in [6, 6.07) is 0.0729. The molecule has 1 saturated heterocycles. The molecule has 66 valence electrons. The SMILES string of the molecule is Cc1cnn(C2CS(=O)(=O)C2)c1. The molecule has 0 aromatic carbocycles. The van der Waals surface area contributed by atoms with E-state index < -0.39 is 9.84 Å². The molecule has 0 radical (unpaired) electrons. The summed E-state index contributed by atoms with van der Waals surface area (Å²) in [4.78, 5) is 0. The van der Waals surface area contributed by atoms with Gasteiger partial charge in [-0.3, -0.25) is 4.68 Å². The molecule has 1 aliphatic heterocycles. The Morgan fingerprint density at radius 3 is 2.67 bits per heavy atom. The average Bonchev–Trinajstić information content (AvgIpc) is 2.30. The summed E-state index contributed by atoms with van der Waals surface area (Å²) in [6.45, 7) is 1.94.